The molecule has 2 rings (SSSR count). The molecule has 16 heavy (non-hydrogen) atoms. The monoisotopic (exact) mass is 220 g/mol. The van der Waals surface area contributed by atoms with Crippen molar-refractivity contribution in [2.24, 2.45) is 0 Å². The molecule has 0 radical (unpaired) electrons. The van der Waals surface area contributed by atoms with E-state index < -0.39 is 0 Å². The second kappa shape index (κ2) is 5.90. The maximum absolute atomic E-state index is 9.15. The predicted molar refractivity (Wildman–Crippen MR) is 64.6 cm³/mol. The third-order valence-corrected chi connectivity index (χ3v) is 3.23. The average molecular weight is 220 g/mol. The quantitative estimate of drug-likeness (QED) is 0.843. The van der Waals surface area contributed by atoms with Gasteiger partial charge in [-0.15, -0.1) is 0 Å². The molecule has 1 aromatic carbocycles. The number of aromatic hydroxyl groups is 1. The molecule has 0 unspecified atom stereocenters. The molecule has 88 valence electrons. The van der Waals surface area contributed by atoms with Crippen molar-refractivity contribution >= 4 is 0 Å². The standard InChI is InChI=1S/C14H20O2/c15-13-8-6-12(7-9-13)10-11-16-14-4-2-1-3-5-14/h6-9,14-15H,1-5,10-11H2. The maximum Gasteiger partial charge on any atom is 0.115 e. The van der Waals surface area contributed by atoms with Gasteiger partial charge in [0.15, 0.2) is 0 Å². The Labute approximate surface area is 97.3 Å². The summed E-state index contributed by atoms with van der Waals surface area (Å²) in [7, 11) is 0. The minimum Gasteiger partial charge on any atom is -0.508 e. The van der Waals surface area contributed by atoms with Crippen molar-refractivity contribution in [1.82, 2.24) is 0 Å². The Kier molecular flexibility index (Phi) is 4.23. The van der Waals surface area contributed by atoms with E-state index in [1.54, 1.807) is 12.1 Å². The summed E-state index contributed by atoms with van der Waals surface area (Å²) in [6, 6.07) is 7.38. The molecule has 2 heteroatoms. The Hall–Kier alpha value is -1.02. The molecule has 0 aliphatic heterocycles. The maximum atomic E-state index is 9.15. The first-order chi connectivity index (χ1) is 7.84. The molecular formula is C14H20O2. The first kappa shape index (κ1) is 11.5. The number of hydrogen-bond acceptors (Lipinski definition) is 2. The fraction of sp³-hybridized carbons (Fsp3) is 0.571. The van der Waals surface area contributed by atoms with Gasteiger partial charge in [-0.05, 0) is 37.0 Å². The molecule has 1 N–H and O–H groups in total. The van der Waals surface area contributed by atoms with Crippen molar-refractivity contribution in [3.05, 3.63) is 29.8 Å². The molecule has 0 saturated heterocycles. The molecule has 0 aromatic heterocycles. The van der Waals surface area contributed by atoms with Crippen LogP contribution >= 0.6 is 0 Å². The van der Waals surface area contributed by atoms with Crippen molar-refractivity contribution in [2.75, 3.05) is 6.61 Å². The van der Waals surface area contributed by atoms with Crippen LogP contribution in [0.2, 0.25) is 0 Å². The molecule has 1 aliphatic rings. The average Bonchev–Trinajstić information content (AvgIpc) is 2.33. The summed E-state index contributed by atoms with van der Waals surface area (Å²) >= 11 is 0. The SMILES string of the molecule is Oc1ccc(CCOC2CCCCC2)cc1. The third kappa shape index (κ3) is 3.53. The highest BCUT2D eigenvalue weighted by atomic mass is 16.5. The second-order valence-corrected chi connectivity index (χ2v) is 4.55. The van der Waals surface area contributed by atoms with Gasteiger partial charge in [-0.1, -0.05) is 31.4 Å². The van der Waals surface area contributed by atoms with Gasteiger partial charge in [-0.2, -0.15) is 0 Å². The number of phenols is 1. The Morgan fingerprint density at radius 1 is 1.06 bits per heavy atom. The number of benzene rings is 1. The van der Waals surface area contributed by atoms with Gasteiger partial charge in [0.2, 0.25) is 0 Å². The van der Waals surface area contributed by atoms with Crippen LogP contribution in [0.3, 0.4) is 0 Å². The van der Waals surface area contributed by atoms with Gasteiger partial charge in [0.25, 0.3) is 0 Å². The largest absolute Gasteiger partial charge is 0.508 e. The van der Waals surface area contributed by atoms with Crippen LogP contribution in [0.25, 0.3) is 0 Å². The van der Waals surface area contributed by atoms with E-state index in [9.17, 15) is 0 Å². The Morgan fingerprint density at radius 2 is 1.75 bits per heavy atom. The number of phenolic OH excluding ortho intramolecular Hbond substituents is 1. The zero-order chi connectivity index (χ0) is 11.2. The number of ether oxygens (including phenoxy) is 1. The van der Waals surface area contributed by atoms with E-state index in [0.29, 0.717) is 11.9 Å². The second-order valence-electron chi connectivity index (χ2n) is 4.55. The molecular weight excluding hydrogens is 200 g/mol. The summed E-state index contributed by atoms with van der Waals surface area (Å²) in [5.41, 5.74) is 1.23. The van der Waals surface area contributed by atoms with Crippen LogP contribution in [0.4, 0.5) is 0 Å². The summed E-state index contributed by atoms with van der Waals surface area (Å²) in [6.45, 7) is 0.801. The Balaban J connectivity index is 1.69. The van der Waals surface area contributed by atoms with Crippen molar-refractivity contribution < 1.29 is 9.84 Å². The molecule has 0 bridgehead atoms. The smallest absolute Gasteiger partial charge is 0.115 e. The summed E-state index contributed by atoms with van der Waals surface area (Å²) in [5, 5.41) is 9.15. The summed E-state index contributed by atoms with van der Waals surface area (Å²) in [4.78, 5) is 0. The molecule has 1 aromatic rings. The van der Waals surface area contributed by atoms with Gasteiger partial charge >= 0.3 is 0 Å². The third-order valence-electron chi connectivity index (χ3n) is 3.23. The van der Waals surface area contributed by atoms with Crippen molar-refractivity contribution in [3.63, 3.8) is 0 Å². The van der Waals surface area contributed by atoms with Gasteiger partial charge < -0.3 is 9.84 Å². The minimum absolute atomic E-state index is 0.331. The first-order valence-electron chi connectivity index (χ1n) is 6.24. The van der Waals surface area contributed by atoms with Crippen LogP contribution < -0.4 is 0 Å². The van der Waals surface area contributed by atoms with E-state index in [1.807, 2.05) is 12.1 Å². The van der Waals surface area contributed by atoms with Gasteiger partial charge in [-0.25, -0.2) is 0 Å². The predicted octanol–water partition coefficient (Wildman–Crippen LogP) is 3.28. The Bertz CT molecular complexity index is 299. The number of hydrogen-bond donors (Lipinski definition) is 1. The van der Waals surface area contributed by atoms with Crippen molar-refractivity contribution in [3.8, 4) is 5.75 Å². The van der Waals surface area contributed by atoms with E-state index >= 15 is 0 Å². The topological polar surface area (TPSA) is 29.5 Å². The highest BCUT2D eigenvalue weighted by Gasteiger charge is 2.12. The fourth-order valence-electron chi connectivity index (χ4n) is 2.24. The van der Waals surface area contributed by atoms with Gasteiger partial charge in [0.1, 0.15) is 5.75 Å². The first-order valence-corrected chi connectivity index (χ1v) is 6.24. The van der Waals surface area contributed by atoms with Crippen LogP contribution in [0.15, 0.2) is 24.3 Å². The fourth-order valence-corrected chi connectivity index (χ4v) is 2.24. The molecule has 0 heterocycles. The lowest BCUT2D eigenvalue weighted by Gasteiger charge is -2.21. The summed E-state index contributed by atoms with van der Waals surface area (Å²) < 4.78 is 5.85. The van der Waals surface area contributed by atoms with E-state index in [4.69, 9.17) is 9.84 Å². The lowest BCUT2D eigenvalue weighted by atomic mass is 9.98. The Morgan fingerprint density at radius 3 is 2.44 bits per heavy atom. The van der Waals surface area contributed by atoms with E-state index in [-0.39, 0.29) is 0 Å². The summed E-state index contributed by atoms with van der Waals surface area (Å²) in [6.07, 6.45) is 7.92. The summed E-state index contributed by atoms with van der Waals surface area (Å²) in [5.74, 6) is 0.331. The molecule has 0 atom stereocenters. The van der Waals surface area contributed by atoms with Crippen molar-refractivity contribution in [2.45, 2.75) is 44.6 Å². The highest BCUT2D eigenvalue weighted by Crippen LogP contribution is 2.20. The highest BCUT2D eigenvalue weighted by molar-refractivity contribution is 5.25. The van der Waals surface area contributed by atoms with E-state index in [2.05, 4.69) is 0 Å². The molecule has 2 nitrogen and oxygen atoms in total. The molecule has 1 saturated carbocycles. The molecule has 0 spiro atoms. The lowest BCUT2D eigenvalue weighted by molar-refractivity contribution is 0.0303. The zero-order valence-corrected chi connectivity index (χ0v) is 9.69. The van der Waals surface area contributed by atoms with E-state index in [0.717, 1.165) is 13.0 Å². The van der Waals surface area contributed by atoms with Gasteiger partial charge in [-0.3, -0.25) is 0 Å². The van der Waals surface area contributed by atoms with Crippen LogP contribution in [0, 0.1) is 0 Å². The van der Waals surface area contributed by atoms with Crippen LogP contribution in [-0.2, 0) is 11.2 Å². The van der Waals surface area contributed by atoms with Crippen LogP contribution in [0.1, 0.15) is 37.7 Å². The van der Waals surface area contributed by atoms with E-state index in [1.165, 1.54) is 37.7 Å². The van der Waals surface area contributed by atoms with Gasteiger partial charge in [0, 0.05) is 0 Å². The molecule has 1 fully saturated rings. The molecule has 1 aliphatic carbocycles. The van der Waals surface area contributed by atoms with Crippen molar-refractivity contribution in [1.29, 1.82) is 0 Å². The normalized spacial score (nSPS) is 17.5. The van der Waals surface area contributed by atoms with Crippen LogP contribution in [-0.4, -0.2) is 17.8 Å². The zero-order valence-electron chi connectivity index (χ0n) is 9.69. The molecule has 0 amide bonds. The van der Waals surface area contributed by atoms with Crippen LogP contribution in [0.5, 0.6) is 5.75 Å². The van der Waals surface area contributed by atoms with Gasteiger partial charge in [0.05, 0.1) is 12.7 Å². The minimum atomic E-state index is 0.331. The lowest BCUT2D eigenvalue weighted by Crippen LogP contribution is -2.17. The number of rotatable bonds is 4.